The number of hydrogen-bond donors (Lipinski definition) is 1. The summed E-state index contributed by atoms with van der Waals surface area (Å²) in [6.07, 6.45) is 0. The molecular weight excluding hydrogens is 350 g/mol. The quantitative estimate of drug-likeness (QED) is 0.882. The van der Waals surface area contributed by atoms with Gasteiger partial charge in [0.25, 0.3) is 11.8 Å². The number of halogens is 3. The third-order valence-electron chi connectivity index (χ3n) is 3.90. The Labute approximate surface area is 149 Å². The van der Waals surface area contributed by atoms with Crippen LogP contribution >= 0.6 is 11.6 Å². The highest BCUT2D eigenvalue weighted by molar-refractivity contribution is 6.32. The molecule has 0 saturated carbocycles. The number of hydrogen-bond acceptors (Lipinski definition) is 3. The molecule has 1 aliphatic rings. The number of nitrogens with zero attached hydrogens (tertiary/aromatic N) is 1. The normalized spacial score (nSPS) is 15.6. The number of alkyl halides is 2. The second-order valence-electron chi connectivity index (χ2n) is 5.88. The molecule has 0 bridgehead atoms. The van der Waals surface area contributed by atoms with E-state index in [0.29, 0.717) is 29.5 Å². The molecule has 0 aromatic heterocycles. The van der Waals surface area contributed by atoms with Gasteiger partial charge in [0.2, 0.25) is 0 Å². The number of carbonyl (C=O) groups excluding carboxylic acids is 1. The summed E-state index contributed by atoms with van der Waals surface area (Å²) in [7, 11) is 0. The second kappa shape index (κ2) is 6.98. The van der Waals surface area contributed by atoms with Crippen molar-refractivity contribution in [3.8, 4) is 16.9 Å². The van der Waals surface area contributed by atoms with E-state index in [1.54, 1.807) is 36.4 Å². The molecule has 0 atom stereocenters. The zero-order chi connectivity index (χ0) is 18.0. The molecular formula is C18H17ClF2N2O2. The molecule has 4 nitrogen and oxygen atoms in total. The first kappa shape index (κ1) is 17.6. The predicted molar refractivity (Wildman–Crippen MR) is 92.3 cm³/mol. The number of nitrogens with two attached hydrogens (primary N) is 1. The third kappa shape index (κ3) is 3.91. The maximum Gasteiger partial charge on any atom is 0.282 e. The molecule has 7 heteroatoms. The fourth-order valence-electron chi connectivity index (χ4n) is 2.61. The molecule has 2 N–H and O–H groups in total. The molecule has 3 rings (SSSR count). The van der Waals surface area contributed by atoms with E-state index in [9.17, 15) is 13.6 Å². The van der Waals surface area contributed by atoms with Crippen molar-refractivity contribution in [2.45, 2.75) is 5.92 Å². The highest BCUT2D eigenvalue weighted by atomic mass is 35.5. The topological polar surface area (TPSA) is 55.6 Å². The van der Waals surface area contributed by atoms with Crippen molar-refractivity contribution in [1.82, 2.24) is 4.90 Å². The maximum atomic E-state index is 12.9. The van der Waals surface area contributed by atoms with Crippen LogP contribution in [0, 0.1) is 0 Å². The zero-order valence-electron chi connectivity index (χ0n) is 13.3. The Balaban J connectivity index is 1.72. The van der Waals surface area contributed by atoms with Gasteiger partial charge >= 0.3 is 0 Å². The van der Waals surface area contributed by atoms with Crippen LogP contribution in [-0.4, -0.2) is 43.0 Å². The summed E-state index contributed by atoms with van der Waals surface area (Å²) in [5.74, 6) is -2.59. The molecule has 1 heterocycles. The number of likely N-dealkylation sites (tertiary alicyclic amines) is 1. The van der Waals surface area contributed by atoms with Crippen LogP contribution in [0.3, 0.4) is 0 Å². The smallest absolute Gasteiger partial charge is 0.282 e. The van der Waals surface area contributed by atoms with E-state index < -0.39 is 19.0 Å². The van der Waals surface area contributed by atoms with E-state index in [0.717, 1.165) is 16.0 Å². The summed E-state index contributed by atoms with van der Waals surface area (Å²) in [6.45, 7) is -0.261. The molecule has 0 radical (unpaired) electrons. The Bertz CT molecular complexity index is 773. The minimum Gasteiger partial charge on any atom is -0.491 e. The standard InChI is InChI=1S/C18H17ClF2N2O2/c19-15-9-14(5-6-16(15)25-8-7-22)12-1-3-13(4-2-12)17(24)23-10-18(20,21)11-23/h1-6,9H,7-8,10-11,22H2. The van der Waals surface area contributed by atoms with Crippen molar-refractivity contribution >= 4 is 17.5 Å². The number of benzene rings is 2. The van der Waals surface area contributed by atoms with Gasteiger partial charge in [-0.1, -0.05) is 29.8 Å². The monoisotopic (exact) mass is 366 g/mol. The van der Waals surface area contributed by atoms with Crippen molar-refractivity contribution in [1.29, 1.82) is 0 Å². The van der Waals surface area contributed by atoms with Crippen molar-refractivity contribution in [2.24, 2.45) is 5.73 Å². The Morgan fingerprint density at radius 3 is 2.36 bits per heavy atom. The average Bonchev–Trinajstić information content (AvgIpc) is 2.58. The summed E-state index contributed by atoms with van der Waals surface area (Å²) in [4.78, 5) is 13.2. The van der Waals surface area contributed by atoms with Crippen LogP contribution in [-0.2, 0) is 0 Å². The molecule has 132 valence electrons. The van der Waals surface area contributed by atoms with Gasteiger partial charge in [-0.3, -0.25) is 4.79 Å². The predicted octanol–water partition coefficient (Wildman–Crippen LogP) is 3.44. The third-order valence-corrected chi connectivity index (χ3v) is 4.20. The van der Waals surface area contributed by atoms with Crippen molar-refractivity contribution in [3.05, 3.63) is 53.1 Å². The summed E-state index contributed by atoms with van der Waals surface area (Å²) >= 11 is 6.19. The van der Waals surface area contributed by atoms with E-state index in [4.69, 9.17) is 22.1 Å². The molecule has 1 saturated heterocycles. The minimum absolute atomic E-state index is 0.380. The van der Waals surface area contributed by atoms with Gasteiger partial charge in [0, 0.05) is 12.1 Å². The lowest BCUT2D eigenvalue weighted by Crippen LogP contribution is -2.58. The van der Waals surface area contributed by atoms with Gasteiger partial charge in [0.1, 0.15) is 12.4 Å². The highest BCUT2D eigenvalue weighted by Crippen LogP contribution is 2.31. The van der Waals surface area contributed by atoms with Crippen LogP contribution < -0.4 is 10.5 Å². The number of ether oxygens (including phenoxy) is 1. The summed E-state index contributed by atoms with van der Waals surface area (Å²) in [5.41, 5.74) is 7.50. The molecule has 2 aromatic carbocycles. The van der Waals surface area contributed by atoms with Crippen LogP contribution in [0.4, 0.5) is 8.78 Å². The maximum absolute atomic E-state index is 12.9. The lowest BCUT2D eigenvalue weighted by Gasteiger charge is -2.38. The Hall–Kier alpha value is -2.18. The second-order valence-corrected chi connectivity index (χ2v) is 6.28. The van der Waals surface area contributed by atoms with Gasteiger partial charge in [-0.2, -0.15) is 0 Å². The van der Waals surface area contributed by atoms with Crippen LogP contribution in [0.15, 0.2) is 42.5 Å². The molecule has 25 heavy (non-hydrogen) atoms. The molecule has 0 aliphatic carbocycles. The Morgan fingerprint density at radius 1 is 1.16 bits per heavy atom. The van der Waals surface area contributed by atoms with Gasteiger partial charge in [0.15, 0.2) is 0 Å². The molecule has 1 aliphatic heterocycles. The largest absolute Gasteiger partial charge is 0.491 e. The number of carbonyl (C=O) groups is 1. The molecule has 0 spiro atoms. The molecule has 1 fully saturated rings. The first-order chi connectivity index (χ1) is 11.9. The van der Waals surface area contributed by atoms with Gasteiger partial charge in [-0.15, -0.1) is 0 Å². The lowest BCUT2D eigenvalue weighted by molar-refractivity contribution is -0.113. The number of rotatable bonds is 5. The van der Waals surface area contributed by atoms with E-state index in [1.807, 2.05) is 6.07 Å². The minimum atomic E-state index is -2.76. The average molecular weight is 367 g/mol. The van der Waals surface area contributed by atoms with E-state index >= 15 is 0 Å². The van der Waals surface area contributed by atoms with Crippen LogP contribution in [0.2, 0.25) is 5.02 Å². The van der Waals surface area contributed by atoms with Crippen molar-refractivity contribution < 1.29 is 18.3 Å². The summed E-state index contributed by atoms with van der Waals surface area (Å²) in [5, 5.41) is 0.467. The van der Waals surface area contributed by atoms with Crippen LogP contribution in [0.1, 0.15) is 10.4 Å². The van der Waals surface area contributed by atoms with E-state index in [1.165, 1.54) is 0 Å². The van der Waals surface area contributed by atoms with E-state index in [-0.39, 0.29) is 5.91 Å². The summed E-state index contributed by atoms with van der Waals surface area (Å²) in [6, 6.07) is 12.1. The first-order valence-corrected chi connectivity index (χ1v) is 8.17. The fraction of sp³-hybridized carbons (Fsp3) is 0.278. The molecule has 2 aromatic rings. The lowest BCUT2D eigenvalue weighted by atomic mass is 10.0. The SMILES string of the molecule is NCCOc1ccc(-c2ccc(C(=O)N3CC(F)(F)C3)cc2)cc1Cl. The van der Waals surface area contributed by atoms with Gasteiger partial charge in [-0.25, -0.2) is 8.78 Å². The molecule has 0 unspecified atom stereocenters. The van der Waals surface area contributed by atoms with Crippen LogP contribution in [0.5, 0.6) is 5.75 Å². The number of amides is 1. The first-order valence-electron chi connectivity index (χ1n) is 7.79. The van der Waals surface area contributed by atoms with Crippen LogP contribution in [0.25, 0.3) is 11.1 Å². The van der Waals surface area contributed by atoms with Crippen molar-refractivity contribution in [3.63, 3.8) is 0 Å². The summed E-state index contributed by atoms with van der Waals surface area (Å²) < 4.78 is 31.2. The van der Waals surface area contributed by atoms with Gasteiger partial charge in [-0.05, 0) is 35.4 Å². The molecule has 1 amide bonds. The zero-order valence-corrected chi connectivity index (χ0v) is 14.1. The van der Waals surface area contributed by atoms with Crippen molar-refractivity contribution in [2.75, 3.05) is 26.2 Å². The fourth-order valence-corrected chi connectivity index (χ4v) is 2.85. The van der Waals surface area contributed by atoms with Gasteiger partial charge < -0.3 is 15.4 Å². The Morgan fingerprint density at radius 2 is 1.80 bits per heavy atom. The van der Waals surface area contributed by atoms with Gasteiger partial charge in [0.05, 0.1) is 18.1 Å². The Kier molecular flexibility index (Phi) is 4.92. The highest BCUT2D eigenvalue weighted by Gasteiger charge is 2.46. The van der Waals surface area contributed by atoms with E-state index in [2.05, 4.69) is 0 Å².